The molecule has 0 bridgehead atoms. The van der Waals surface area contributed by atoms with Gasteiger partial charge >= 0.3 is 12.0 Å². The minimum atomic E-state index is -3.13. The molecule has 1 unspecified atom stereocenters. The molecule has 8 heteroatoms. The zero-order valence-electron chi connectivity index (χ0n) is 12.2. The van der Waals surface area contributed by atoms with Crippen molar-refractivity contribution in [1.29, 1.82) is 0 Å². The molecule has 0 aromatic heterocycles. The summed E-state index contributed by atoms with van der Waals surface area (Å²) in [7, 11) is -3.13. The number of carboxylic acid groups (broad SMARTS) is 1. The summed E-state index contributed by atoms with van der Waals surface area (Å²) in [6.07, 6.45) is 0.329. The molecular formula is C12H22N2O5S. The van der Waals surface area contributed by atoms with E-state index in [9.17, 15) is 18.0 Å². The maximum absolute atomic E-state index is 11.9. The number of carbonyl (C=O) groups is 2. The van der Waals surface area contributed by atoms with E-state index >= 15 is 0 Å². The molecule has 1 aliphatic rings. The highest BCUT2D eigenvalue weighted by molar-refractivity contribution is 7.91. The molecule has 2 atom stereocenters. The summed E-state index contributed by atoms with van der Waals surface area (Å²) in [6, 6.07) is -1.71. The van der Waals surface area contributed by atoms with E-state index in [4.69, 9.17) is 5.11 Å². The van der Waals surface area contributed by atoms with E-state index in [1.54, 1.807) is 27.7 Å². The lowest BCUT2D eigenvalue weighted by Gasteiger charge is -2.30. The molecule has 20 heavy (non-hydrogen) atoms. The summed E-state index contributed by atoms with van der Waals surface area (Å²) in [4.78, 5) is 23.1. The van der Waals surface area contributed by atoms with E-state index in [1.807, 2.05) is 0 Å². The van der Waals surface area contributed by atoms with Gasteiger partial charge in [0.05, 0.1) is 17.0 Å². The van der Waals surface area contributed by atoms with Gasteiger partial charge in [0, 0.05) is 0 Å². The number of carbonyl (C=O) groups excluding carboxylic acids is 1. The van der Waals surface area contributed by atoms with Crippen molar-refractivity contribution in [2.75, 3.05) is 11.5 Å². The largest absolute Gasteiger partial charge is 0.480 e. The van der Waals surface area contributed by atoms with Gasteiger partial charge in [0.25, 0.3) is 0 Å². The third kappa shape index (κ3) is 4.36. The molecule has 7 nitrogen and oxygen atoms in total. The van der Waals surface area contributed by atoms with Gasteiger partial charge in [-0.1, -0.05) is 20.8 Å². The van der Waals surface area contributed by atoms with Crippen molar-refractivity contribution >= 4 is 21.8 Å². The highest BCUT2D eigenvalue weighted by Gasteiger charge is 2.40. The molecule has 0 saturated carbocycles. The molecule has 0 aromatic rings. The van der Waals surface area contributed by atoms with Gasteiger partial charge in [0.15, 0.2) is 9.84 Å². The quantitative estimate of drug-likeness (QED) is 0.697. The summed E-state index contributed by atoms with van der Waals surface area (Å²) >= 11 is 0. The number of amides is 2. The van der Waals surface area contributed by atoms with Crippen molar-refractivity contribution in [3.63, 3.8) is 0 Å². The first-order valence-electron chi connectivity index (χ1n) is 6.37. The summed E-state index contributed by atoms with van der Waals surface area (Å²) < 4.78 is 22.9. The van der Waals surface area contributed by atoms with Crippen LogP contribution in [-0.2, 0) is 14.6 Å². The summed E-state index contributed by atoms with van der Waals surface area (Å²) in [5, 5.41) is 14.1. The summed E-state index contributed by atoms with van der Waals surface area (Å²) in [5.41, 5.74) is -1.49. The van der Waals surface area contributed by atoms with Crippen LogP contribution in [0.15, 0.2) is 0 Å². The van der Waals surface area contributed by atoms with E-state index in [-0.39, 0.29) is 11.5 Å². The maximum Gasteiger partial charge on any atom is 0.326 e. The molecule has 1 aliphatic heterocycles. The Bertz CT molecular complexity index is 508. The molecule has 116 valence electrons. The van der Waals surface area contributed by atoms with Crippen molar-refractivity contribution in [1.82, 2.24) is 10.6 Å². The smallest absolute Gasteiger partial charge is 0.326 e. The lowest BCUT2D eigenvalue weighted by Crippen LogP contribution is -2.57. The van der Waals surface area contributed by atoms with Gasteiger partial charge in [-0.05, 0) is 18.8 Å². The molecule has 1 heterocycles. The first-order chi connectivity index (χ1) is 8.85. The number of hydrogen-bond acceptors (Lipinski definition) is 4. The third-order valence-electron chi connectivity index (χ3n) is 3.31. The van der Waals surface area contributed by atoms with Crippen LogP contribution in [0.4, 0.5) is 4.79 Å². The minimum absolute atomic E-state index is 0.0331. The maximum atomic E-state index is 11.9. The Balaban J connectivity index is 2.71. The molecule has 1 saturated heterocycles. The average Bonchev–Trinajstić information content (AvgIpc) is 2.47. The molecule has 0 spiro atoms. The SMILES string of the molecule is CC1(NC(=O)N[C@@H](C(=O)O)C(C)(C)C)CCS(=O)(=O)C1. The Hall–Kier alpha value is -1.31. The number of sulfone groups is 1. The fourth-order valence-electron chi connectivity index (χ4n) is 2.20. The highest BCUT2D eigenvalue weighted by Crippen LogP contribution is 2.23. The summed E-state index contributed by atoms with van der Waals surface area (Å²) in [6.45, 7) is 6.75. The van der Waals surface area contributed by atoms with Crippen LogP contribution in [0.5, 0.6) is 0 Å². The number of urea groups is 1. The first-order valence-corrected chi connectivity index (χ1v) is 8.19. The van der Waals surface area contributed by atoms with Crippen molar-refractivity contribution in [2.24, 2.45) is 5.41 Å². The van der Waals surface area contributed by atoms with Gasteiger partial charge in [-0.15, -0.1) is 0 Å². The van der Waals surface area contributed by atoms with E-state index in [0.717, 1.165) is 0 Å². The lowest BCUT2D eigenvalue weighted by molar-refractivity contribution is -0.141. The van der Waals surface area contributed by atoms with E-state index in [1.165, 1.54) is 0 Å². The average molecular weight is 306 g/mol. The predicted molar refractivity (Wildman–Crippen MR) is 74.2 cm³/mol. The van der Waals surface area contributed by atoms with Gasteiger partial charge in [-0.3, -0.25) is 0 Å². The van der Waals surface area contributed by atoms with E-state index in [0.29, 0.717) is 6.42 Å². The highest BCUT2D eigenvalue weighted by atomic mass is 32.2. The topological polar surface area (TPSA) is 113 Å². The van der Waals surface area contributed by atoms with Crippen LogP contribution in [0, 0.1) is 5.41 Å². The number of nitrogens with one attached hydrogen (secondary N) is 2. The fraction of sp³-hybridized carbons (Fsp3) is 0.833. The van der Waals surface area contributed by atoms with Gasteiger partial charge < -0.3 is 15.7 Å². The van der Waals surface area contributed by atoms with Crippen LogP contribution in [0.3, 0.4) is 0 Å². The number of hydrogen-bond donors (Lipinski definition) is 3. The predicted octanol–water partition coefficient (Wildman–Crippen LogP) is 0.362. The Morgan fingerprint density at radius 2 is 1.85 bits per heavy atom. The Morgan fingerprint density at radius 1 is 1.30 bits per heavy atom. The molecular weight excluding hydrogens is 284 g/mol. The zero-order chi connectivity index (χ0) is 15.8. The van der Waals surface area contributed by atoms with Crippen LogP contribution in [0.1, 0.15) is 34.1 Å². The van der Waals surface area contributed by atoms with Crippen molar-refractivity contribution < 1.29 is 23.1 Å². The van der Waals surface area contributed by atoms with Crippen molar-refractivity contribution in [2.45, 2.75) is 45.7 Å². The molecule has 0 radical (unpaired) electrons. The van der Waals surface area contributed by atoms with Gasteiger partial charge in [-0.25, -0.2) is 18.0 Å². The second-order valence-corrected chi connectivity index (χ2v) is 8.82. The molecule has 3 N–H and O–H groups in total. The minimum Gasteiger partial charge on any atom is -0.480 e. The first kappa shape index (κ1) is 16.7. The van der Waals surface area contributed by atoms with Crippen LogP contribution in [0.25, 0.3) is 0 Å². The van der Waals surface area contributed by atoms with Crippen LogP contribution in [-0.4, -0.2) is 48.6 Å². The van der Waals surface area contributed by atoms with Crippen LogP contribution < -0.4 is 10.6 Å². The van der Waals surface area contributed by atoms with E-state index < -0.39 is 38.8 Å². The van der Waals surface area contributed by atoms with Crippen LogP contribution >= 0.6 is 0 Å². The fourth-order valence-corrected chi connectivity index (χ4v) is 4.29. The van der Waals surface area contributed by atoms with Crippen molar-refractivity contribution in [3.05, 3.63) is 0 Å². The van der Waals surface area contributed by atoms with Crippen LogP contribution in [0.2, 0.25) is 0 Å². The molecule has 1 fully saturated rings. The van der Waals surface area contributed by atoms with Gasteiger partial charge in [0.2, 0.25) is 0 Å². The zero-order valence-corrected chi connectivity index (χ0v) is 13.0. The van der Waals surface area contributed by atoms with Crippen molar-refractivity contribution in [3.8, 4) is 0 Å². The summed E-state index contributed by atoms with van der Waals surface area (Å²) in [5.74, 6) is -1.22. The second kappa shape index (κ2) is 5.23. The number of aliphatic carboxylic acids is 1. The molecule has 0 aliphatic carbocycles. The Morgan fingerprint density at radius 3 is 2.20 bits per heavy atom. The monoisotopic (exact) mass is 306 g/mol. The second-order valence-electron chi connectivity index (χ2n) is 6.64. The standard InChI is InChI=1S/C12H22N2O5S/c1-11(2,3)8(9(15)16)13-10(17)14-12(4)5-6-20(18,19)7-12/h8H,5-7H2,1-4H3,(H,15,16)(H2,13,14,17)/t8-,12?/m0/s1. The van der Waals surface area contributed by atoms with Gasteiger partial charge in [-0.2, -0.15) is 0 Å². The molecule has 1 rings (SSSR count). The third-order valence-corrected chi connectivity index (χ3v) is 5.21. The Labute approximate surface area is 119 Å². The Kier molecular flexibility index (Phi) is 4.38. The number of rotatable bonds is 3. The molecule has 0 aromatic carbocycles. The lowest BCUT2D eigenvalue weighted by atomic mass is 9.87. The normalized spacial score (nSPS) is 26.8. The van der Waals surface area contributed by atoms with E-state index in [2.05, 4.69) is 10.6 Å². The molecule has 2 amide bonds. The number of carboxylic acids is 1. The van der Waals surface area contributed by atoms with Gasteiger partial charge in [0.1, 0.15) is 6.04 Å².